The van der Waals surface area contributed by atoms with Crippen LogP contribution in [0, 0.1) is 0 Å². The minimum atomic E-state index is 0.0583. The number of nitrogens with one attached hydrogen (secondary N) is 1. The molecule has 1 aromatic heterocycles. The van der Waals surface area contributed by atoms with Gasteiger partial charge in [0.2, 0.25) is 11.2 Å². The van der Waals surface area contributed by atoms with Gasteiger partial charge in [-0.2, -0.15) is 15.0 Å². The molecule has 0 spiro atoms. The highest BCUT2D eigenvalue weighted by molar-refractivity contribution is 6.33. The number of ether oxygens (including phenoxy) is 1. The minimum absolute atomic E-state index is 0.0583. The van der Waals surface area contributed by atoms with Gasteiger partial charge in [0, 0.05) is 0 Å². The molecule has 0 saturated heterocycles. The zero-order chi connectivity index (χ0) is 13.0. The van der Waals surface area contributed by atoms with Gasteiger partial charge in [0.1, 0.15) is 0 Å². The number of nitrogens with zero attached hydrogens (tertiary/aromatic N) is 3. The van der Waals surface area contributed by atoms with Gasteiger partial charge in [-0.25, -0.2) is 0 Å². The first-order valence-electron chi connectivity index (χ1n) is 5.25. The zero-order valence-corrected chi connectivity index (χ0v) is 11.0. The second kappa shape index (κ2) is 5.84. The van der Waals surface area contributed by atoms with Gasteiger partial charge in [-0.1, -0.05) is 23.7 Å². The Morgan fingerprint density at radius 2 is 1.94 bits per heavy atom. The molecule has 18 heavy (non-hydrogen) atoms. The van der Waals surface area contributed by atoms with Crippen LogP contribution in [0.5, 0.6) is 6.01 Å². The molecule has 94 valence electrons. The molecule has 2 aromatic rings. The van der Waals surface area contributed by atoms with Gasteiger partial charge in [0.15, 0.2) is 0 Å². The molecule has 2 rings (SSSR count). The highest BCUT2D eigenvalue weighted by Gasteiger charge is 2.07. The van der Waals surface area contributed by atoms with Crippen molar-refractivity contribution in [3.05, 3.63) is 34.6 Å². The molecule has 0 saturated carbocycles. The Bertz CT molecular complexity index is 550. The number of halogens is 2. The van der Waals surface area contributed by atoms with Gasteiger partial charge in [-0.3, -0.25) is 0 Å². The van der Waals surface area contributed by atoms with Crippen molar-refractivity contribution in [2.45, 2.75) is 6.92 Å². The van der Waals surface area contributed by atoms with E-state index in [1.807, 2.05) is 19.1 Å². The third-order valence-electron chi connectivity index (χ3n) is 1.98. The Labute approximate surface area is 114 Å². The highest BCUT2D eigenvalue weighted by Crippen LogP contribution is 2.24. The predicted molar refractivity (Wildman–Crippen MR) is 70.7 cm³/mol. The van der Waals surface area contributed by atoms with Crippen LogP contribution in [0.1, 0.15) is 6.92 Å². The van der Waals surface area contributed by atoms with Crippen LogP contribution in [0.4, 0.5) is 11.6 Å². The molecule has 7 heteroatoms. The van der Waals surface area contributed by atoms with Crippen LogP contribution in [0.25, 0.3) is 0 Å². The van der Waals surface area contributed by atoms with Crippen LogP contribution < -0.4 is 10.1 Å². The molecule has 1 heterocycles. The molecule has 0 unspecified atom stereocenters. The lowest BCUT2D eigenvalue weighted by atomic mass is 10.3. The first-order valence-corrected chi connectivity index (χ1v) is 6.00. The van der Waals surface area contributed by atoms with E-state index < -0.39 is 0 Å². The van der Waals surface area contributed by atoms with Crippen molar-refractivity contribution < 1.29 is 4.74 Å². The maximum Gasteiger partial charge on any atom is 0.322 e. The summed E-state index contributed by atoms with van der Waals surface area (Å²) in [5, 5.41) is 3.57. The number of benzene rings is 1. The number of aromatic nitrogens is 3. The fourth-order valence-corrected chi connectivity index (χ4v) is 1.60. The molecular weight excluding hydrogens is 275 g/mol. The highest BCUT2D eigenvalue weighted by atomic mass is 35.5. The van der Waals surface area contributed by atoms with E-state index in [-0.39, 0.29) is 17.2 Å². The average Bonchev–Trinajstić information content (AvgIpc) is 2.32. The van der Waals surface area contributed by atoms with Crippen LogP contribution in [0.2, 0.25) is 10.3 Å². The molecule has 0 amide bonds. The molecular formula is C11H10Cl2N4O. The smallest absolute Gasteiger partial charge is 0.322 e. The van der Waals surface area contributed by atoms with Crippen molar-refractivity contribution >= 4 is 34.8 Å². The SMILES string of the molecule is CCOc1nc(Cl)nc(Nc2ccccc2Cl)n1. The van der Waals surface area contributed by atoms with E-state index in [0.29, 0.717) is 17.3 Å². The maximum absolute atomic E-state index is 6.02. The molecule has 0 atom stereocenters. The van der Waals surface area contributed by atoms with E-state index in [9.17, 15) is 0 Å². The summed E-state index contributed by atoms with van der Waals surface area (Å²) in [7, 11) is 0. The summed E-state index contributed by atoms with van der Waals surface area (Å²) in [6.45, 7) is 2.28. The van der Waals surface area contributed by atoms with E-state index in [2.05, 4.69) is 20.3 Å². The lowest BCUT2D eigenvalue weighted by Crippen LogP contribution is -2.04. The Morgan fingerprint density at radius 3 is 2.67 bits per heavy atom. The van der Waals surface area contributed by atoms with Crippen LogP contribution >= 0.6 is 23.2 Å². The van der Waals surface area contributed by atoms with E-state index in [0.717, 1.165) is 0 Å². The van der Waals surface area contributed by atoms with E-state index in [1.54, 1.807) is 12.1 Å². The minimum Gasteiger partial charge on any atom is -0.464 e. The first-order chi connectivity index (χ1) is 8.69. The fraction of sp³-hybridized carbons (Fsp3) is 0.182. The van der Waals surface area contributed by atoms with Crippen molar-refractivity contribution in [2.24, 2.45) is 0 Å². The van der Waals surface area contributed by atoms with Gasteiger partial charge in [0.25, 0.3) is 0 Å². The predicted octanol–water partition coefficient (Wildman–Crippen LogP) is 3.32. The monoisotopic (exact) mass is 284 g/mol. The summed E-state index contributed by atoms with van der Waals surface area (Å²) < 4.78 is 5.18. The molecule has 0 bridgehead atoms. The van der Waals surface area contributed by atoms with Crippen LogP contribution in [-0.2, 0) is 0 Å². The van der Waals surface area contributed by atoms with Crippen LogP contribution in [-0.4, -0.2) is 21.6 Å². The topological polar surface area (TPSA) is 59.9 Å². The van der Waals surface area contributed by atoms with Gasteiger partial charge < -0.3 is 10.1 Å². The van der Waals surface area contributed by atoms with Crippen molar-refractivity contribution in [2.75, 3.05) is 11.9 Å². The van der Waals surface area contributed by atoms with Gasteiger partial charge in [0.05, 0.1) is 17.3 Å². The molecule has 0 fully saturated rings. The second-order valence-electron chi connectivity index (χ2n) is 3.25. The summed E-state index contributed by atoms with van der Waals surface area (Å²) in [5.41, 5.74) is 0.684. The third-order valence-corrected chi connectivity index (χ3v) is 2.48. The van der Waals surface area contributed by atoms with Crippen molar-refractivity contribution in [1.29, 1.82) is 0 Å². The van der Waals surface area contributed by atoms with E-state index in [1.165, 1.54) is 0 Å². The number of anilines is 2. The number of rotatable bonds is 4. The molecule has 5 nitrogen and oxygen atoms in total. The molecule has 0 aliphatic rings. The largest absolute Gasteiger partial charge is 0.464 e. The Morgan fingerprint density at radius 1 is 1.17 bits per heavy atom. The van der Waals surface area contributed by atoms with Gasteiger partial charge in [-0.05, 0) is 30.7 Å². The Hall–Kier alpha value is -1.59. The third kappa shape index (κ3) is 3.21. The number of hydrogen-bond acceptors (Lipinski definition) is 5. The lowest BCUT2D eigenvalue weighted by Gasteiger charge is -2.07. The van der Waals surface area contributed by atoms with E-state index >= 15 is 0 Å². The standard InChI is InChI=1S/C11H10Cl2N4O/c1-2-18-11-16-9(13)15-10(17-11)14-8-6-4-3-5-7(8)12/h3-6H,2H2,1H3,(H,14,15,16,17). The molecule has 0 aliphatic carbocycles. The number of para-hydroxylation sites is 1. The first kappa shape index (κ1) is 12.9. The summed E-state index contributed by atoms with van der Waals surface area (Å²) >= 11 is 11.8. The molecule has 0 aliphatic heterocycles. The fourth-order valence-electron chi connectivity index (χ4n) is 1.26. The van der Waals surface area contributed by atoms with Crippen LogP contribution in [0.15, 0.2) is 24.3 Å². The maximum atomic E-state index is 6.02. The quantitative estimate of drug-likeness (QED) is 0.933. The van der Waals surface area contributed by atoms with Crippen molar-refractivity contribution in [3.63, 3.8) is 0 Å². The summed E-state index contributed by atoms with van der Waals surface area (Å²) in [6, 6.07) is 7.42. The second-order valence-corrected chi connectivity index (χ2v) is 3.99. The summed E-state index contributed by atoms with van der Waals surface area (Å²) in [6.07, 6.45) is 0. The molecule has 0 radical (unpaired) electrons. The van der Waals surface area contributed by atoms with Crippen LogP contribution in [0.3, 0.4) is 0 Å². The molecule has 1 aromatic carbocycles. The summed E-state index contributed by atoms with van der Waals surface area (Å²) in [4.78, 5) is 11.8. The van der Waals surface area contributed by atoms with Gasteiger partial charge in [-0.15, -0.1) is 0 Å². The summed E-state index contributed by atoms with van der Waals surface area (Å²) in [5.74, 6) is 0.284. The normalized spacial score (nSPS) is 10.2. The number of hydrogen-bond donors (Lipinski definition) is 1. The van der Waals surface area contributed by atoms with Gasteiger partial charge >= 0.3 is 6.01 Å². The Kier molecular flexibility index (Phi) is 4.17. The van der Waals surface area contributed by atoms with Crippen molar-refractivity contribution in [3.8, 4) is 6.01 Å². The molecule has 1 N–H and O–H groups in total. The zero-order valence-electron chi connectivity index (χ0n) is 9.52. The Balaban J connectivity index is 2.26. The lowest BCUT2D eigenvalue weighted by molar-refractivity contribution is 0.312. The van der Waals surface area contributed by atoms with E-state index in [4.69, 9.17) is 27.9 Å². The average molecular weight is 285 g/mol. The van der Waals surface area contributed by atoms with Crippen molar-refractivity contribution in [1.82, 2.24) is 15.0 Å².